The van der Waals surface area contributed by atoms with Crippen molar-refractivity contribution in [3.05, 3.63) is 17.0 Å². The molecule has 1 aliphatic heterocycles. The third kappa shape index (κ3) is 3.47. The Kier molecular flexibility index (Phi) is 5.19. The molecular weight excluding hydrogens is 306 g/mol. The molecule has 0 spiro atoms. The second-order valence-electron chi connectivity index (χ2n) is 6.17. The Morgan fingerprint density at radius 3 is 2.50 bits per heavy atom. The first-order chi connectivity index (χ1) is 10.3. The van der Waals surface area contributed by atoms with Crippen molar-refractivity contribution in [2.24, 2.45) is 5.41 Å². The van der Waals surface area contributed by atoms with Crippen LogP contribution in [0.4, 0.5) is 0 Å². The number of carbonyl (C=O) groups excluding carboxylic acids is 1. The van der Waals surface area contributed by atoms with Gasteiger partial charge in [-0.3, -0.25) is 0 Å². The summed E-state index contributed by atoms with van der Waals surface area (Å²) in [6, 6.07) is 0. The van der Waals surface area contributed by atoms with E-state index < -0.39 is 11.8 Å². The molecule has 0 saturated carbocycles. The number of rotatable bonds is 5. The Labute approximate surface area is 134 Å². The molecule has 0 atom stereocenters. The normalized spacial score (nSPS) is 19.9. The third-order valence-electron chi connectivity index (χ3n) is 3.44. The van der Waals surface area contributed by atoms with E-state index in [9.17, 15) is 4.79 Å². The summed E-state index contributed by atoms with van der Waals surface area (Å²) in [5.41, 5.74) is 0.601. The molecule has 1 saturated heterocycles. The zero-order valence-electron chi connectivity index (χ0n) is 13.7. The van der Waals surface area contributed by atoms with Gasteiger partial charge in [0.05, 0.1) is 31.1 Å². The van der Waals surface area contributed by atoms with Crippen LogP contribution in [0.3, 0.4) is 0 Å². The first kappa shape index (κ1) is 17.3. The zero-order valence-corrected chi connectivity index (χ0v) is 14.5. The van der Waals surface area contributed by atoms with Crippen LogP contribution in [0.2, 0.25) is 0 Å². The van der Waals surface area contributed by atoms with E-state index in [0.29, 0.717) is 30.3 Å². The average Bonchev–Trinajstić information content (AvgIpc) is 2.88. The zero-order chi connectivity index (χ0) is 16.4. The molecule has 7 heteroatoms. The molecular formula is C15H23NO5S. The second-order valence-corrected chi connectivity index (χ2v) is 7.04. The van der Waals surface area contributed by atoms with Crippen molar-refractivity contribution in [1.29, 1.82) is 0 Å². The highest BCUT2D eigenvalue weighted by Gasteiger charge is 2.44. The predicted octanol–water partition coefficient (Wildman–Crippen LogP) is 2.96. The highest BCUT2D eigenvalue weighted by Crippen LogP contribution is 2.40. The van der Waals surface area contributed by atoms with Crippen molar-refractivity contribution >= 4 is 17.7 Å². The van der Waals surface area contributed by atoms with Crippen molar-refractivity contribution in [2.75, 3.05) is 26.1 Å². The lowest BCUT2D eigenvalue weighted by Crippen LogP contribution is -2.44. The van der Waals surface area contributed by atoms with E-state index in [1.54, 1.807) is 25.6 Å². The molecule has 2 heterocycles. The molecule has 1 aromatic heterocycles. The van der Waals surface area contributed by atoms with Crippen LogP contribution < -0.4 is 0 Å². The molecule has 1 fully saturated rings. The molecule has 6 nitrogen and oxygen atoms in total. The lowest BCUT2D eigenvalue weighted by Gasteiger charge is -2.41. The molecule has 124 valence electrons. The van der Waals surface area contributed by atoms with Gasteiger partial charge in [-0.15, -0.1) is 0 Å². The van der Waals surface area contributed by atoms with Gasteiger partial charge in [0, 0.05) is 5.41 Å². The molecule has 1 aromatic rings. The SMILES string of the molecule is CCOC(=O)c1noc(CSC)c1C1(C)OCC(C)(C)CO1. The topological polar surface area (TPSA) is 70.8 Å². The average molecular weight is 329 g/mol. The molecule has 0 aromatic carbocycles. The number of thioether (sulfide) groups is 1. The van der Waals surface area contributed by atoms with Crippen molar-refractivity contribution in [3.8, 4) is 0 Å². The van der Waals surface area contributed by atoms with Gasteiger partial charge in [-0.2, -0.15) is 11.8 Å². The van der Waals surface area contributed by atoms with Crippen LogP contribution in [0.25, 0.3) is 0 Å². The molecule has 0 unspecified atom stereocenters. The fraction of sp³-hybridized carbons (Fsp3) is 0.733. The number of ether oxygens (including phenoxy) is 3. The van der Waals surface area contributed by atoms with E-state index in [1.165, 1.54) is 0 Å². The van der Waals surface area contributed by atoms with Gasteiger partial charge in [-0.05, 0) is 20.1 Å². The molecule has 1 aliphatic rings. The summed E-state index contributed by atoms with van der Waals surface area (Å²) in [5, 5.41) is 3.89. The quantitative estimate of drug-likeness (QED) is 0.769. The van der Waals surface area contributed by atoms with E-state index in [-0.39, 0.29) is 17.7 Å². The number of esters is 1. The van der Waals surface area contributed by atoms with E-state index in [2.05, 4.69) is 19.0 Å². The van der Waals surface area contributed by atoms with Crippen LogP contribution in [0.5, 0.6) is 0 Å². The highest BCUT2D eigenvalue weighted by molar-refractivity contribution is 7.97. The fourth-order valence-corrected chi connectivity index (χ4v) is 2.71. The maximum Gasteiger partial charge on any atom is 0.361 e. The fourth-order valence-electron chi connectivity index (χ4n) is 2.25. The maximum atomic E-state index is 12.1. The summed E-state index contributed by atoms with van der Waals surface area (Å²) in [7, 11) is 0. The summed E-state index contributed by atoms with van der Waals surface area (Å²) in [6.07, 6.45) is 1.95. The van der Waals surface area contributed by atoms with Gasteiger partial charge in [0.25, 0.3) is 0 Å². The molecule has 2 rings (SSSR count). The van der Waals surface area contributed by atoms with Gasteiger partial charge in [0.1, 0.15) is 0 Å². The van der Waals surface area contributed by atoms with Crippen LogP contribution in [-0.2, 0) is 25.8 Å². The van der Waals surface area contributed by atoms with E-state index in [0.717, 1.165) is 0 Å². The summed E-state index contributed by atoms with van der Waals surface area (Å²) in [5.74, 6) is -0.416. The Bertz CT molecular complexity index is 530. The van der Waals surface area contributed by atoms with Crippen LogP contribution in [-0.4, -0.2) is 37.2 Å². The largest absolute Gasteiger partial charge is 0.461 e. The van der Waals surface area contributed by atoms with Crippen molar-refractivity contribution in [3.63, 3.8) is 0 Å². The van der Waals surface area contributed by atoms with Crippen molar-refractivity contribution in [1.82, 2.24) is 5.16 Å². The number of carbonyl (C=O) groups is 1. The van der Waals surface area contributed by atoms with Crippen LogP contribution >= 0.6 is 11.8 Å². The van der Waals surface area contributed by atoms with Gasteiger partial charge in [0.2, 0.25) is 0 Å². The Balaban J connectivity index is 2.38. The number of aromatic nitrogens is 1. The lowest BCUT2D eigenvalue weighted by atomic mass is 9.93. The van der Waals surface area contributed by atoms with E-state index >= 15 is 0 Å². The Morgan fingerprint density at radius 2 is 1.95 bits per heavy atom. The molecule has 0 aliphatic carbocycles. The van der Waals surface area contributed by atoms with Gasteiger partial charge >= 0.3 is 5.97 Å². The van der Waals surface area contributed by atoms with Gasteiger partial charge < -0.3 is 18.7 Å². The number of hydrogen-bond acceptors (Lipinski definition) is 7. The Morgan fingerprint density at radius 1 is 1.32 bits per heavy atom. The van der Waals surface area contributed by atoms with Crippen molar-refractivity contribution < 1.29 is 23.5 Å². The van der Waals surface area contributed by atoms with Crippen LogP contribution in [0.15, 0.2) is 4.52 Å². The number of nitrogens with zero attached hydrogens (tertiary/aromatic N) is 1. The summed E-state index contributed by atoms with van der Waals surface area (Å²) >= 11 is 1.57. The Hall–Kier alpha value is -1.05. The molecule has 0 bridgehead atoms. The first-order valence-corrected chi connectivity index (χ1v) is 8.65. The highest BCUT2D eigenvalue weighted by atomic mass is 32.2. The van der Waals surface area contributed by atoms with Crippen LogP contribution in [0.1, 0.15) is 49.5 Å². The summed E-state index contributed by atoms with van der Waals surface area (Å²) < 4.78 is 22.3. The minimum atomic E-state index is -1.05. The number of hydrogen-bond donors (Lipinski definition) is 0. The van der Waals surface area contributed by atoms with Crippen molar-refractivity contribution in [2.45, 2.75) is 39.2 Å². The smallest absolute Gasteiger partial charge is 0.361 e. The van der Waals surface area contributed by atoms with E-state index in [1.807, 2.05) is 6.26 Å². The first-order valence-electron chi connectivity index (χ1n) is 7.26. The van der Waals surface area contributed by atoms with Gasteiger partial charge in [-0.25, -0.2) is 4.79 Å². The van der Waals surface area contributed by atoms with Crippen LogP contribution in [0, 0.1) is 5.41 Å². The summed E-state index contributed by atoms with van der Waals surface area (Å²) in [4.78, 5) is 12.1. The van der Waals surface area contributed by atoms with Gasteiger partial charge in [0.15, 0.2) is 17.2 Å². The lowest BCUT2D eigenvalue weighted by molar-refractivity contribution is -0.298. The standard InChI is InChI=1S/C15H23NO5S/c1-6-18-13(17)12-11(10(7-22-5)21-16-12)15(4)19-8-14(2,3)9-20-15/h6-9H2,1-5H3. The predicted molar refractivity (Wildman–Crippen MR) is 82.7 cm³/mol. The van der Waals surface area contributed by atoms with E-state index in [4.69, 9.17) is 18.7 Å². The molecule has 22 heavy (non-hydrogen) atoms. The van der Waals surface area contributed by atoms with Gasteiger partial charge in [-0.1, -0.05) is 19.0 Å². The monoisotopic (exact) mass is 329 g/mol. The molecule has 0 amide bonds. The molecule has 0 radical (unpaired) electrons. The summed E-state index contributed by atoms with van der Waals surface area (Å²) in [6.45, 7) is 8.99. The second kappa shape index (κ2) is 6.60. The molecule has 0 N–H and O–H groups in total. The third-order valence-corrected chi connectivity index (χ3v) is 3.99. The minimum absolute atomic E-state index is 0.0690. The maximum absolute atomic E-state index is 12.1. The minimum Gasteiger partial charge on any atom is -0.461 e.